The third kappa shape index (κ3) is 2.08. The average Bonchev–Trinajstić information content (AvgIpc) is 2.64. The van der Waals surface area contributed by atoms with Gasteiger partial charge in [0, 0.05) is 49.7 Å². The zero-order valence-corrected chi connectivity index (χ0v) is 10.9. The molecule has 5 nitrogen and oxygen atoms in total. The number of hydrogen-bond donors (Lipinski definition) is 1. The van der Waals surface area contributed by atoms with Crippen LogP contribution >= 0.6 is 0 Å². The van der Waals surface area contributed by atoms with Gasteiger partial charge in [0.15, 0.2) is 0 Å². The number of nitrogens with zero attached hydrogens (tertiary/aromatic N) is 4. The molecule has 1 aromatic heterocycles. The molecule has 0 spiro atoms. The maximum absolute atomic E-state index is 5.57. The fraction of sp³-hybridized carbons (Fsp3) is 0.692. The van der Waals surface area contributed by atoms with Gasteiger partial charge in [0.2, 0.25) is 5.95 Å². The van der Waals surface area contributed by atoms with Crippen LogP contribution in [0.1, 0.15) is 24.8 Å². The molecule has 2 atom stereocenters. The quantitative estimate of drug-likeness (QED) is 0.829. The van der Waals surface area contributed by atoms with E-state index in [2.05, 4.69) is 26.8 Å². The number of anilines is 1. The Morgan fingerprint density at radius 2 is 1.94 bits per heavy atom. The van der Waals surface area contributed by atoms with E-state index in [0.29, 0.717) is 12.6 Å². The largest absolute Gasteiger partial charge is 0.339 e. The van der Waals surface area contributed by atoms with Gasteiger partial charge in [0.05, 0.1) is 0 Å². The minimum absolute atomic E-state index is 0.508. The Hall–Kier alpha value is -1.20. The van der Waals surface area contributed by atoms with Gasteiger partial charge in [-0.1, -0.05) is 0 Å². The zero-order chi connectivity index (χ0) is 12.5. The lowest BCUT2D eigenvalue weighted by atomic mass is 10.1. The van der Waals surface area contributed by atoms with Crippen LogP contribution < -0.4 is 10.6 Å². The third-order valence-electron chi connectivity index (χ3n) is 4.36. The summed E-state index contributed by atoms with van der Waals surface area (Å²) in [7, 11) is 2.25. The molecule has 18 heavy (non-hydrogen) atoms. The molecule has 0 aromatic carbocycles. The lowest BCUT2D eigenvalue weighted by Gasteiger charge is -2.25. The lowest BCUT2D eigenvalue weighted by Crippen LogP contribution is -2.37. The average molecular weight is 247 g/mol. The second-order valence-electron chi connectivity index (χ2n) is 5.38. The number of rotatable bonds is 2. The van der Waals surface area contributed by atoms with Gasteiger partial charge in [0.25, 0.3) is 0 Å². The minimum atomic E-state index is 0.508. The summed E-state index contributed by atoms with van der Waals surface area (Å²) in [5.41, 5.74) is 6.56. The standard InChI is InChI=1S/C13H21N5/c1-17-11-2-3-12(17)9-18(5-4-11)13-15-7-10(6-14)8-16-13/h7-8,11-12H,2-6,9,14H2,1H3. The van der Waals surface area contributed by atoms with Gasteiger partial charge in [-0.15, -0.1) is 0 Å². The summed E-state index contributed by atoms with van der Waals surface area (Å²) in [6.07, 6.45) is 7.56. The van der Waals surface area contributed by atoms with E-state index < -0.39 is 0 Å². The Bertz CT molecular complexity index is 404. The van der Waals surface area contributed by atoms with Crippen molar-refractivity contribution in [1.29, 1.82) is 0 Å². The summed E-state index contributed by atoms with van der Waals surface area (Å²) in [5.74, 6) is 0.855. The molecule has 2 saturated heterocycles. The molecule has 5 heteroatoms. The summed E-state index contributed by atoms with van der Waals surface area (Å²) < 4.78 is 0. The number of likely N-dealkylation sites (N-methyl/N-ethyl adjacent to an activating group) is 1. The van der Waals surface area contributed by atoms with Gasteiger partial charge in [-0.25, -0.2) is 9.97 Å². The maximum Gasteiger partial charge on any atom is 0.225 e. The van der Waals surface area contributed by atoms with Gasteiger partial charge < -0.3 is 10.6 Å². The molecule has 2 fully saturated rings. The first-order valence-electron chi connectivity index (χ1n) is 6.76. The molecule has 2 N–H and O–H groups in total. The third-order valence-corrected chi connectivity index (χ3v) is 4.36. The molecule has 2 bridgehead atoms. The molecule has 3 heterocycles. The molecule has 0 radical (unpaired) electrons. The minimum Gasteiger partial charge on any atom is -0.339 e. The Morgan fingerprint density at radius 1 is 1.22 bits per heavy atom. The topological polar surface area (TPSA) is 58.3 Å². The molecule has 98 valence electrons. The van der Waals surface area contributed by atoms with Crippen molar-refractivity contribution < 1.29 is 0 Å². The van der Waals surface area contributed by atoms with Crippen LogP contribution in [0.3, 0.4) is 0 Å². The van der Waals surface area contributed by atoms with Gasteiger partial charge in [0.1, 0.15) is 0 Å². The van der Waals surface area contributed by atoms with E-state index in [1.807, 2.05) is 12.4 Å². The second kappa shape index (κ2) is 4.82. The van der Waals surface area contributed by atoms with E-state index in [0.717, 1.165) is 30.6 Å². The van der Waals surface area contributed by atoms with E-state index in [-0.39, 0.29) is 0 Å². The lowest BCUT2D eigenvalue weighted by molar-refractivity contribution is 0.254. The van der Waals surface area contributed by atoms with Gasteiger partial charge in [-0.3, -0.25) is 4.90 Å². The number of fused-ring (bicyclic) bond motifs is 2. The van der Waals surface area contributed by atoms with Crippen LogP contribution in [0.25, 0.3) is 0 Å². The van der Waals surface area contributed by atoms with Crippen LogP contribution in [0.2, 0.25) is 0 Å². The highest BCUT2D eigenvalue weighted by Crippen LogP contribution is 2.29. The van der Waals surface area contributed by atoms with Crippen LogP contribution in [-0.2, 0) is 6.54 Å². The van der Waals surface area contributed by atoms with Crippen molar-refractivity contribution in [2.75, 3.05) is 25.0 Å². The monoisotopic (exact) mass is 247 g/mol. The first-order valence-corrected chi connectivity index (χ1v) is 6.76. The van der Waals surface area contributed by atoms with Gasteiger partial charge >= 0.3 is 0 Å². The van der Waals surface area contributed by atoms with Crippen LogP contribution in [0.4, 0.5) is 5.95 Å². The van der Waals surface area contributed by atoms with E-state index in [4.69, 9.17) is 5.73 Å². The fourth-order valence-corrected chi connectivity index (χ4v) is 3.11. The summed E-state index contributed by atoms with van der Waals surface area (Å²) in [6, 6.07) is 1.42. The van der Waals surface area contributed by atoms with E-state index in [1.165, 1.54) is 19.3 Å². The van der Waals surface area contributed by atoms with Crippen molar-refractivity contribution in [3.63, 3.8) is 0 Å². The van der Waals surface area contributed by atoms with Gasteiger partial charge in [-0.05, 0) is 26.3 Å². The number of nitrogens with two attached hydrogens (primary N) is 1. The molecule has 0 amide bonds. The molecule has 0 aliphatic carbocycles. The van der Waals surface area contributed by atoms with Crippen molar-refractivity contribution >= 4 is 5.95 Å². The van der Waals surface area contributed by atoms with Crippen molar-refractivity contribution in [3.05, 3.63) is 18.0 Å². The van der Waals surface area contributed by atoms with Crippen LogP contribution in [-0.4, -0.2) is 47.1 Å². The molecule has 2 aliphatic heterocycles. The molecule has 3 rings (SSSR count). The first-order chi connectivity index (χ1) is 8.78. The SMILES string of the molecule is CN1C2CCC1CN(c1ncc(CN)cn1)CC2. The maximum atomic E-state index is 5.57. The summed E-state index contributed by atoms with van der Waals surface area (Å²) in [4.78, 5) is 13.7. The predicted molar refractivity (Wildman–Crippen MR) is 71.3 cm³/mol. The normalized spacial score (nSPS) is 28.4. The highest BCUT2D eigenvalue weighted by Gasteiger charge is 2.35. The van der Waals surface area contributed by atoms with Crippen molar-refractivity contribution in [2.45, 2.75) is 37.9 Å². The molecule has 2 unspecified atom stereocenters. The van der Waals surface area contributed by atoms with Gasteiger partial charge in [-0.2, -0.15) is 0 Å². The van der Waals surface area contributed by atoms with Crippen molar-refractivity contribution in [3.8, 4) is 0 Å². The molecule has 0 saturated carbocycles. The van der Waals surface area contributed by atoms with Crippen molar-refractivity contribution in [1.82, 2.24) is 14.9 Å². The summed E-state index contributed by atoms with van der Waals surface area (Å²) in [6.45, 7) is 2.62. The highest BCUT2D eigenvalue weighted by atomic mass is 15.3. The van der Waals surface area contributed by atoms with Crippen LogP contribution in [0.15, 0.2) is 12.4 Å². The fourth-order valence-electron chi connectivity index (χ4n) is 3.11. The first kappa shape index (κ1) is 11.9. The summed E-state index contributed by atoms with van der Waals surface area (Å²) in [5, 5.41) is 0. The predicted octanol–water partition coefficient (Wildman–Crippen LogP) is 0.608. The Morgan fingerprint density at radius 3 is 2.67 bits per heavy atom. The highest BCUT2D eigenvalue weighted by molar-refractivity contribution is 5.31. The van der Waals surface area contributed by atoms with Crippen LogP contribution in [0, 0.1) is 0 Å². The second-order valence-corrected chi connectivity index (χ2v) is 5.38. The Labute approximate surface area is 108 Å². The van der Waals surface area contributed by atoms with E-state index >= 15 is 0 Å². The number of hydrogen-bond acceptors (Lipinski definition) is 5. The molecule has 1 aromatic rings. The Balaban J connectivity index is 1.76. The summed E-state index contributed by atoms with van der Waals surface area (Å²) >= 11 is 0. The molecular weight excluding hydrogens is 226 g/mol. The molecular formula is C13H21N5. The van der Waals surface area contributed by atoms with Crippen LogP contribution in [0.5, 0.6) is 0 Å². The van der Waals surface area contributed by atoms with Crippen molar-refractivity contribution in [2.24, 2.45) is 5.73 Å². The number of aromatic nitrogens is 2. The smallest absolute Gasteiger partial charge is 0.225 e. The van der Waals surface area contributed by atoms with E-state index in [9.17, 15) is 0 Å². The Kier molecular flexibility index (Phi) is 3.18. The zero-order valence-electron chi connectivity index (χ0n) is 10.9. The van der Waals surface area contributed by atoms with E-state index in [1.54, 1.807) is 0 Å². The molecule has 2 aliphatic rings.